The van der Waals surface area contributed by atoms with E-state index in [4.69, 9.17) is 5.21 Å². The van der Waals surface area contributed by atoms with Crippen LogP contribution in [0.5, 0.6) is 0 Å². The first-order chi connectivity index (χ1) is 11.7. The molecule has 2 aromatic rings. The fraction of sp³-hybridized carbons (Fsp3) is 0.316. The molecule has 0 unspecified atom stereocenters. The molecule has 0 aliphatic carbocycles. The van der Waals surface area contributed by atoms with Crippen LogP contribution in [0.3, 0.4) is 0 Å². The van der Waals surface area contributed by atoms with Gasteiger partial charge in [0.1, 0.15) is 0 Å². The Morgan fingerprint density at radius 1 is 1.04 bits per heavy atom. The van der Waals surface area contributed by atoms with E-state index in [1.165, 1.54) is 17.7 Å². The largest absolute Gasteiger partial charge is 0.365 e. The molecule has 24 heavy (non-hydrogen) atoms. The third-order valence-electron chi connectivity index (χ3n) is 5.14. The molecule has 2 heterocycles. The highest BCUT2D eigenvalue weighted by Gasteiger charge is 2.43. The van der Waals surface area contributed by atoms with E-state index in [-0.39, 0.29) is 0 Å². The second kappa shape index (κ2) is 5.83. The number of hydroxylamine groups is 1. The van der Waals surface area contributed by atoms with Gasteiger partial charge < -0.3 is 9.80 Å². The predicted octanol–water partition coefficient (Wildman–Crippen LogP) is 2.58. The first-order valence-electron chi connectivity index (χ1n) is 8.30. The van der Waals surface area contributed by atoms with Crippen LogP contribution in [0, 0.1) is 6.92 Å². The van der Waals surface area contributed by atoms with Crippen LogP contribution >= 0.6 is 0 Å². The van der Waals surface area contributed by atoms with Gasteiger partial charge in [0, 0.05) is 42.1 Å². The summed E-state index contributed by atoms with van der Waals surface area (Å²) in [6.45, 7) is 4.17. The Labute approximate surface area is 141 Å². The summed E-state index contributed by atoms with van der Waals surface area (Å²) >= 11 is 0. The summed E-state index contributed by atoms with van der Waals surface area (Å²) in [5.74, 6) is -0.477. The van der Waals surface area contributed by atoms with Gasteiger partial charge in [-0.05, 0) is 55.3 Å². The fourth-order valence-electron chi connectivity index (χ4n) is 3.97. The maximum absolute atomic E-state index is 11.4. The molecular formula is C19H21N3O2. The molecule has 0 aromatic heterocycles. The van der Waals surface area contributed by atoms with E-state index < -0.39 is 5.91 Å². The molecule has 2 fully saturated rings. The van der Waals surface area contributed by atoms with Crippen LogP contribution in [0.2, 0.25) is 0 Å². The third-order valence-corrected chi connectivity index (χ3v) is 5.14. The topological polar surface area (TPSA) is 55.8 Å². The number of hydrogen-bond donors (Lipinski definition) is 2. The quantitative estimate of drug-likeness (QED) is 0.673. The van der Waals surface area contributed by atoms with Crippen molar-refractivity contribution < 1.29 is 10.0 Å². The van der Waals surface area contributed by atoms with E-state index in [0.29, 0.717) is 17.6 Å². The van der Waals surface area contributed by atoms with Crippen LogP contribution < -0.4 is 15.3 Å². The Morgan fingerprint density at radius 3 is 2.29 bits per heavy atom. The van der Waals surface area contributed by atoms with Crippen LogP contribution in [0.15, 0.2) is 48.5 Å². The normalized spacial score (nSPS) is 22.1. The van der Waals surface area contributed by atoms with Gasteiger partial charge in [-0.1, -0.05) is 12.1 Å². The van der Waals surface area contributed by atoms with Gasteiger partial charge in [-0.3, -0.25) is 10.0 Å². The zero-order chi connectivity index (χ0) is 16.7. The SMILES string of the molecule is Cc1cccc(N2C[C@@H]3C[C@H]2CN3c2ccc(C(=O)NO)cc2)c1. The van der Waals surface area contributed by atoms with Gasteiger partial charge in [0.05, 0.1) is 0 Å². The highest BCUT2D eigenvalue weighted by Crippen LogP contribution is 2.37. The lowest BCUT2D eigenvalue weighted by molar-refractivity contribution is 0.0706. The molecule has 2 aliphatic rings. The predicted molar refractivity (Wildman–Crippen MR) is 93.8 cm³/mol. The van der Waals surface area contributed by atoms with Crippen LogP contribution in [-0.4, -0.2) is 36.3 Å². The molecule has 2 saturated heterocycles. The number of hydrogen-bond acceptors (Lipinski definition) is 4. The highest BCUT2D eigenvalue weighted by atomic mass is 16.5. The number of nitrogens with one attached hydrogen (secondary N) is 1. The van der Waals surface area contributed by atoms with Crippen LogP contribution in [0.4, 0.5) is 11.4 Å². The smallest absolute Gasteiger partial charge is 0.274 e. The number of carbonyl (C=O) groups is 1. The third kappa shape index (κ3) is 2.51. The van der Waals surface area contributed by atoms with Crippen molar-refractivity contribution in [3.05, 3.63) is 59.7 Å². The molecule has 5 heteroatoms. The number of benzene rings is 2. The number of aryl methyl sites for hydroxylation is 1. The van der Waals surface area contributed by atoms with Crippen molar-refractivity contribution in [2.45, 2.75) is 25.4 Å². The number of carbonyl (C=O) groups excluding carboxylic acids is 1. The summed E-state index contributed by atoms with van der Waals surface area (Å²) in [6.07, 6.45) is 1.17. The molecule has 0 radical (unpaired) electrons. The lowest BCUT2D eigenvalue weighted by Gasteiger charge is -2.37. The van der Waals surface area contributed by atoms with Crippen molar-refractivity contribution in [3.8, 4) is 0 Å². The van der Waals surface area contributed by atoms with Gasteiger partial charge in [0.25, 0.3) is 5.91 Å². The van der Waals surface area contributed by atoms with E-state index in [9.17, 15) is 4.79 Å². The molecule has 1 amide bonds. The summed E-state index contributed by atoms with van der Waals surface area (Å²) < 4.78 is 0. The van der Waals surface area contributed by atoms with E-state index in [1.54, 1.807) is 17.6 Å². The number of rotatable bonds is 3. The van der Waals surface area contributed by atoms with Gasteiger partial charge in [-0.15, -0.1) is 0 Å². The minimum atomic E-state index is -0.477. The summed E-state index contributed by atoms with van der Waals surface area (Å²) in [6, 6.07) is 17.2. The van der Waals surface area contributed by atoms with Crippen molar-refractivity contribution in [3.63, 3.8) is 0 Å². The molecule has 5 nitrogen and oxygen atoms in total. The fourth-order valence-corrected chi connectivity index (χ4v) is 3.97. The van der Waals surface area contributed by atoms with E-state index in [1.807, 2.05) is 12.1 Å². The minimum absolute atomic E-state index is 0.465. The Bertz CT molecular complexity index is 759. The van der Waals surface area contributed by atoms with Crippen molar-refractivity contribution in [2.75, 3.05) is 22.9 Å². The Hall–Kier alpha value is -2.53. The van der Waals surface area contributed by atoms with Crippen molar-refractivity contribution in [2.24, 2.45) is 0 Å². The maximum atomic E-state index is 11.4. The summed E-state index contributed by atoms with van der Waals surface area (Å²) in [5, 5.41) is 8.70. The highest BCUT2D eigenvalue weighted by molar-refractivity contribution is 5.93. The molecule has 2 aromatic carbocycles. The van der Waals surface area contributed by atoms with Gasteiger partial charge in [0.2, 0.25) is 0 Å². The van der Waals surface area contributed by atoms with Crippen molar-refractivity contribution in [1.29, 1.82) is 0 Å². The molecule has 2 aliphatic heterocycles. The van der Waals surface area contributed by atoms with E-state index in [0.717, 1.165) is 18.8 Å². The number of piperazine rings is 1. The molecule has 2 bridgehead atoms. The van der Waals surface area contributed by atoms with Crippen LogP contribution in [-0.2, 0) is 0 Å². The van der Waals surface area contributed by atoms with Gasteiger partial charge in [0.15, 0.2) is 0 Å². The minimum Gasteiger partial charge on any atom is -0.365 e. The van der Waals surface area contributed by atoms with Crippen molar-refractivity contribution >= 4 is 17.3 Å². The average molecular weight is 323 g/mol. The molecule has 0 saturated carbocycles. The Balaban J connectivity index is 1.49. The van der Waals surface area contributed by atoms with Crippen molar-refractivity contribution in [1.82, 2.24) is 5.48 Å². The molecule has 2 atom stereocenters. The summed E-state index contributed by atoms with van der Waals surface area (Å²) in [5.41, 5.74) is 5.88. The monoisotopic (exact) mass is 323 g/mol. The molecule has 2 N–H and O–H groups in total. The lowest BCUT2D eigenvalue weighted by atomic mass is 10.1. The molecule has 4 rings (SSSR count). The summed E-state index contributed by atoms with van der Waals surface area (Å²) in [4.78, 5) is 16.4. The molecule has 0 spiro atoms. The standard InChI is InChI=1S/C19H21N3O2/c1-13-3-2-4-16(9-13)22-12-17-10-18(22)11-21(17)15-7-5-14(6-8-15)19(23)20-24/h2-9,17-18,24H,10-12H2,1H3,(H,20,23)/t17-,18-/m0/s1. The van der Waals surface area contributed by atoms with Crippen LogP contribution in [0.25, 0.3) is 0 Å². The van der Waals surface area contributed by atoms with Crippen LogP contribution in [0.1, 0.15) is 22.3 Å². The summed E-state index contributed by atoms with van der Waals surface area (Å²) in [7, 11) is 0. The number of amides is 1. The Kier molecular flexibility index (Phi) is 3.65. The average Bonchev–Trinajstić information content (AvgIpc) is 3.22. The molecule has 124 valence electrons. The second-order valence-electron chi connectivity index (χ2n) is 6.67. The number of anilines is 2. The zero-order valence-corrected chi connectivity index (χ0v) is 13.6. The second-order valence-corrected chi connectivity index (χ2v) is 6.67. The van der Waals surface area contributed by atoms with E-state index in [2.05, 4.69) is 41.0 Å². The lowest BCUT2D eigenvalue weighted by Crippen LogP contribution is -2.46. The Morgan fingerprint density at radius 2 is 1.71 bits per heavy atom. The number of nitrogens with zero attached hydrogens (tertiary/aromatic N) is 2. The first-order valence-corrected chi connectivity index (χ1v) is 8.30. The first kappa shape index (κ1) is 15.0. The van der Waals surface area contributed by atoms with Gasteiger partial charge in [-0.25, -0.2) is 5.48 Å². The maximum Gasteiger partial charge on any atom is 0.274 e. The zero-order valence-electron chi connectivity index (χ0n) is 13.6. The number of fused-ring (bicyclic) bond motifs is 2. The van der Waals surface area contributed by atoms with Gasteiger partial charge >= 0.3 is 0 Å². The van der Waals surface area contributed by atoms with Gasteiger partial charge in [-0.2, -0.15) is 0 Å². The van der Waals surface area contributed by atoms with E-state index >= 15 is 0 Å². The molecular weight excluding hydrogens is 302 g/mol.